The van der Waals surface area contributed by atoms with Gasteiger partial charge in [-0.2, -0.15) is 0 Å². The number of carbonyl (C=O) groups excluding carboxylic acids is 2. The molecule has 0 amide bonds. The average molecular weight is 324 g/mol. The molecule has 0 N–H and O–H groups in total. The Morgan fingerprint density at radius 3 is 1.26 bits per heavy atom. The monoisotopic (exact) mass is 322 g/mol. The van der Waals surface area contributed by atoms with Crippen molar-refractivity contribution in [1.82, 2.24) is 0 Å². The molecule has 0 aromatic rings. The summed E-state index contributed by atoms with van der Waals surface area (Å²) >= 11 is 0. The van der Waals surface area contributed by atoms with E-state index in [4.69, 9.17) is 0 Å². The predicted octanol–water partition coefficient (Wildman–Crippen LogP) is 1.12. The topological polar surface area (TPSA) is 80.3 Å². The van der Waals surface area contributed by atoms with Crippen molar-refractivity contribution in [2.45, 2.75) is 66.2 Å². The molecule has 2 atom stereocenters. The third-order valence-corrected chi connectivity index (χ3v) is 2.79. The quantitative estimate of drug-likeness (QED) is 0.627. The SMILES string of the molecule is CCCCC(C)C(=O)[O-].CCCCC(C)C(=O)[O-].[Zn+2]. The van der Waals surface area contributed by atoms with Gasteiger partial charge in [-0.05, 0) is 24.7 Å². The van der Waals surface area contributed by atoms with Crippen LogP contribution in [0.25, 0.3) is 0 Å². The summed E-state index contributed by atoms with van der Waals surface area (Å²) in [4.78, 5) is 20.2. The molecule has 0 saturated carbocycles. The minimum atomic E-state index is -0.927. The summed E-state index contributed by atoms with van der Waals surface area (Å²) in [5.41, 5.74) is 0. The van der Waals surface area contributed by atoms with E-state index in [1.165, 1.54) is 0 Å². The Labute approximate surface area is 129 Å². The Morgan fingerprint density at radius 1 is 0.842 bits per heavy atom. The van der Waals surface area contributed by atoms with E-state index in [1.54, 1.807) is 13.8 Å². The fourth-order valence-electron chi connectivity index (χ4n) is 1.26. The van der Waals surface area contributed by atoms with E-state index in [0.29, 0.717) is 0 Å². The van der Waals surface area contributed by atoms with Crippen molar-refractivity contribution in [2.75, 3.05) is 0 Å². The van der Waals surface area contributed by atoms with E-state index in [2.05, 4.69) is 0 Å². The van der Waals surface area contributed by atoms with E-state index in [9.17, 15) is 19.8 Å². The van der Waals surface area contributed by atoms with Crippen LogP contribution in [0.1, 0.15) is 66.2 Å². The number of unbranched alkanes of at least 4 members (excludes halogenated alkanes) is 2. The van der Waals surface area contributed by atoms with Crippen molar-refractivity contribution in [2.24, 2.45) is 11.8 Å². The summed E-state index contributed by atoms with van der Waals surface area (Å²) in [7, 11) is 0. The molecule has 0 aliphatic carbocycles. The Morgan fingerprint density at radius 2 is 1.11 bits per heavy atom. The van der Waals surface area contributed by atoms with Crippen molar-refractivity contribution in [3.63, 3.8) is 0 Å². The third kappa shape index (κ3) is 17.6. The van der Waals surface area contributed by atoms with E-state index in [1.807, 2.05) is 13.8 Å². The van der Waals surface area contributed by atoms with Crippen molar-refractivity contribution in [1.29, 1.82) is 0 Å². The van der Waals surface area contributed by atoms with Gasteiger partial charge in [-0.15, -0.1) is 0 Å². The van der Waals surface area contributed by atoms with Gasteiger partial charge in [-0.25, -0.2) is 0 Å². The maximum Gasteiger partial charge on any atom is 2.00 e. The van der Waals surface area contributed by atoms with Crippen LogP contribution in [0.4, 0.5) is 0 Å². The smallest absolute Gasteiger partial charge is 0.550 e. The van der Waals surface area contributed by atoms with E-state index >= 15 is 0 Å². The Bertz CT molecular complexity index is 207. The van der Waals surface area contributed by atoms with Crippen LogP contribution in [-0.2, 0) is 29.1 Å². The largest absolute Gasteiger partial charge is 2.00 e. The number of hydrogen-bond acceptors (Lipinski definition) is 4. The van der Waals surface area contributed by atoms with E-state index in [-0.39, 0.29) is 31.3 Å². The summed E-state index contributed by atoms with van der Waals surface area (Å²) in [6.07, 6.45) is 5.57. The second-order valence-electron chi connectivity index (χ2n) is 4.72. The van der Waals surface area contributed by atoms with Crippen molar-refractivity contribution < 1.29 is 39.3 Å². The van der Waals surface area contributed by atoms with Crippen LogP contribution in [0.2, 0.25) is 0 Å². The van der Waals surface area contributed by atoms with E-state index in [0.717, 1.165) is 38.5 Å². The van der Waals surface area contributed by atoms with Crippen molar-refractivity contribution >= 4 is 11.9 Å². The number of carbonyl (C=O) groups is 2. The van der Waals surface area contributed by atoms with Gasteiger partial charge in [0.2, 0.25) is 0 Å². The first-order valence-electron chi connectivity index (χ1n) is 6.78. The van der Waals surface area contributed by atoms with E-state index < -0.39 is 11.9 Å². The molecule has 19 heavy (non-hydrogen) atoms. The van der Waals surface area contributed by atoms with Crippen LogP contribution in [0.3, 0.4) is 0 Å². The summed E-state index contributed by atoms with van der Waals surface area (Å²) < 4.78 is 0. The van der Waals surface area contributed by atoms with Crippen molar-refractivity contribution in [3.8, 4) is 0 Å². The van der Waals surface area contributed by atoms with Gasteiger partial charge in [0.05, 0.1) is 0 Å². The van der Waals surface area contributed by atoms with Crippen LogP contribution in [0, 0.1) is 11.8 Å². The van der Waals surface area contributed by atoms with Gasteiger partial charge in [-0.1, -0.05) is 53.4 Å². The molecule has 108 valence electrons. The number of hydrogen-bond donors (Lipinski definition) is 0. The fourth-order valence-corrected chi connectivity index (χ4v) is 1.26. The zero-order valence-electron chi connectivity index (χ0n) is 12.7. The summed E-state index contributed by atoms with van der Waals surface area (Å²) in [5, 5.41) is 20.2. The molecule has 0 aliphatic heterocycles. The van der Waals surface area contributed by atoms with Crippen LogP contribution < -0.4 is 10.2 Å². The molecular formula is C14H26O4Zn. The second-order valence-corrected chi connectivity index (χ2v) is 4.72. The molecule has 0 aliphatic rings. The minimum absolute atomic E-state index is 0. The zero-order chi connectivity index (χ0) is 14.6. The number of carboxylic acids is 2. The first-order chi connectivity index (χ1) is 8.36. The number of aliphatic carboxylic acids is 2. The number of rotatable bonds is 8. The maximum atomic E-state index is 10.1. The minimum Gasteiger partial charge on any atom is -0.550 e. The molecule has 0 heterocycles. The van der Waals surface area contributed by atoms with Gasteiger partial charge in [-0.3, -0.25) is 0 Å². The molecule has 0 bridgehead atoms. The van der Waals surface area contributed by atoms with Gasteiger partial charge in [0.1, 0.15) is 0 Å². The predicted molar refractivity (Wildman–Crippen MR) is 67.4 cm³/mol. The molecular weight excluding hydrogens is 298 g/mol. The first-order valence-corrected chi connectivity index (χ1v) is 6.78. The standard InChI is InChI=1S/2C7H14O2.Zn/c2*1-3-4-5-6(2)7(8)9;/h2*6H,3-5H2,1-2H3,(H,8,9);/q;;+2/p-2. The van der Waals surface area contributed by atoms with Gasteiger partial charge in [0.25, 0.3) is 0 Å². The maximum absolute atomic E-state index is 10.1. The Kier molecular flexibility index (Phi) is 19.4. The molecule has 0 aromatic carbocycles. The average Bonchev–Trinajstić information content (AvgIpc) is 2.33. The molecule has 0 rings (SSSR count). The molecule has 2 unspecified atom stereocenters. The Balaban J connectivity index is -0.000000256. The molecule has 0 saturated heterocycles. The molecule has 5 heteroatoms. The molecule has 0 fully saturated rings. The van der Waals surface area contributed by atoms with Crippen LogP contribution in [-0.4, -0.2) is 11.9 Å². The third-order valence-electron chi connectivity index (χ3n) is 2.79. The van der Waals surface area contributed by atoms with Crippen molar-refractivity contribution in [3.05, 3.63) is 0 Å². The van der Waals surface area contributed by atoms with Gasteiger partial charge >= 0.3 is 19.5 Å². The summed E-state index contributed by atoms with van der Waals surface area (Å²) in [6, 6.07) is 0. The molecule has 0 spiro atoms. The van der Waals surface area contributed by atoms with Crippen LogP contribution >= 0.6 is 0 Å². The zero-order valence-corrected chi connectivity index (χ0v) is 15.7. The number of carboxylic acid groups (broad SMARTS) is 2. The second kappa shape index (κ2) is 15.6. The van der Waals surface area contributed by atoms with Gasteiger partial charge in [0.15, 0.2) is 0 Å². The molecule has 0 radical (unpaired) electrons. The molecule has 0 aromatic heterocycles. The fraction of sp³-hybridized carbons (Fsp3) is 0.857. The van der Waals surface area contributed by atoms with Crippen LogP contribution in [0.5, 0.6) is 0 Å². The van der Waals surface area contributed by atoms with Crippen LogP contribution in [0.15, 0.2) is 0 Å². The molecule has 4 nitrogen and oxygen atoms in total. The first kappa shape index (κ1) is 23.6. The summed E-state index contributed by atoms with van der Waals surface area (Å²) in [6.45, 7) is 7.46. The Hall–Kier alpha value is -0.437. The normalized spacial score (nSPS) is 12.4. The summed E-state index contributed by atoms with van der Waals surface area (Å²) in [5.74, 6) is -2.40. The van der Waals surface area contributed by atoms with Gasteiger partial charge in [0, 0.05) is 11.9 Å². The van der Waals surface area contributed by atoms with Gasteiger partial charge < -0.3 is 19.8 Å².